The number of fused-ring (bicyclic) bond motifs is 7. The average molecular weight is 1190 g/mol. The van der Waals surface area contributed by atoms with Gasteiger partial charge in [0.05, 0.1) is 66.6 Å². The fourth-order valence-corrected chi connectivity index (χ4v) is 20.0. The molecule has 0 bridgehead atoms. The van der Waals surface area contributed by atoms with Crippen LogP contribution in [0, 0.1) is 87.8 Å². The van der Waals surface area contributed by atoms with Crippen LogP contribution in [0.4, 0.5) is 0 Å². The number of carboxylic acids is 1. The Morgan fingerprint density at radius 1 is 0.774 bits per heavy atom. The summed E-state index contributed by atoms with van der Waals surface area (Å²) in [5.41, 5.74) is 0.824. The minimum Gasteiger partial charge on any atom is -0.550 e. The maximum Gasteiger partial charge on any atom is 1.00 e. The number of allylic oxidation sites excluding steroid dienone is 2. The quantitative estimate of drug-likeness (QED) is 0.110. The number of hydrogen-bond acceptors (Lipinski definition) is 14. The molecule has 29 unspecified atom stereocenters. The number of carboxylic acid groups (broad SMARTS) is 1. The summed E-state index contributed by atoms with van der Waals surface area (Å²) >= 11 is 0. The van der Waals surface area contributed by atoms with Gasteiger partial charge in [-0.25, -0.2) is 0 Å². The molecule has 11 rings (SSSR count). The zero-order valence-corrected chi connectivity index (χ0v) is 56.4. The molecule has 11 aliphatic rings. The van der Waals surface area contributed by atoms with Gasteiger partial charge in [0.15, 0.2) is 11.6 Å². The Morgan fingerprint density at radius 2 is 1.50 bits per heavy atom. The standard InChI is InChI=1S/C42H70O11.C27H42O3.Na/c1-11-29(38(46)47)31-15-14-23(4)36(50-31)27(8)34(44)26(7)35(45)30(12-2)37-24(5)22-25(6)41(51-37)19-16-32(43)42(53-41)21-20-39(10,52-42)33-17-18-40(48,13-3)28(9)49-33;1-16-7-12-27(29-15-16)17(2)24-23(30-27)14-22-20-6-5-18-13-19(28)8-10-25(18,3)21(20)9-11-26(22,24)4;/h16,19,23-34,36-37,43-44,48H,11-15,17-18,20-22H2,1-10H3,(H,46,47);9,16-20,22-24,28H,5-8,10-15H2,1-4H3;/q;;+1/p-1. The Bertz CT molecular complexity index is 2380. The average Bonchev–Trinajstić information content (AvgIpc) is 1.62. The van der Waals surface area contributed by atoms with Crippen molar-refractivity contribution in [3.05, 3.63) is 23.8 Å². The summed E-state index contributed by atoms with van der Waals surface area (Å²) in [6.45, 7) is 30.2. The minimum absolute atomic E-state index is 0. The SMILES string of the molecule is CC1CCC2(OC1)OC1CC3C4CCC5CC(O)CCC5(C)C4=CCC3(C)C1C2C.CCC(C(=O)[O-])C1CCC(C)C(C(C)C(O)C(C)C(=O)C(CC)C2OC3(C=CC(O)C4(CCC(C)(C5CCC(O)(CC)C(C)O5)O4)O3)C(C)CC2C)O1.[Na+]. The second kappa shape index (κ2) is 25.3. The van der Waals surface area contributed by atoms with Crippen molar-refractivity contribution in [2.24, 2.45) is 87.8 Å². The number of carbonyl (C=O) groups excluding carboxylic acids is 2. The van der Waals surface area contributed by atoms with Gasteiger partial charge in [-0.05, 0) is 187 Å². The van der Waals surface area contributed by atoms with Crippen LogP contribution >= 0.6 is 0 Å². The van der Waals surface area contributed by atoms with Gasteiger partial charge in [-0.2, -0.15) is 0 Å². The molecule has 472 valence electrons. The van der Waals surface area contributed by atoms with Crippen molar-refractivity contribution in [2.75, 3.05) is 6.61 Å². The normalized spacial score (nSPS) is 50.5. The maximum absolute atomic E-state index is 14.4. The molecule has 84 heavy (non-hydrogen) atoms. The molecular weight excluding hydrogens is 1080 g/mol. The van der Waals surface area contributed by atoms with Gasteiger partial charge in [0, 0.05) is 54.3 Å². The molecule has 0 aromatic heterocycles. The van der Waals surface area contributed by atoms with Gasteiger partial charge >= 0.3 is 29.6 Å². The molecule has 4 N–H and O–H groups in total. The molecule has 4 aliphatic carbocycles. The summed E-state index contributed by atoms with van der Waals surface area (Å²) < 4.78 is 46.8. The summed E-state index contributed by atoms with van der Waals surface area (Å²) in [6.07, 6.45) is 18.8. The van der Waals surface area contributed by atoms with E-state index in [1.807, 2.05) is 41.5 Å². The fraction of sp³-hybridized carbons (Fsp3) is 0.913. The van der Waals surface area contributed by atoms with E-state index in [-0.39, 0.29) is 77.2 Å². The van der Waals surface area contributed by atoms with Gasteiger partial charge < -0.3 is 63.5 Å². The van der Waals surface area contributed by atoms with E-state index in [9.17, 15) is 35.1 Å². The molecule has 0 radical (unpaired) electrons. The Kier molecular flexibility index (Phi) is 20.4. The van der Waals surface area contributed by atoms with Crippen LogP contribution in [-0.4, -0.2) is 122 Å². The van der Waals surface area contributed by atoms with Gasteiger partial charge in [-0.3, -0.25) is 4.79 Å². The molecular formula is C69H111NaO14. The molecule has 6 saturated heterocycles. The number of Topliss-reactive ketones (excluding diaryl/α,β-unsaturated/α-hetero) is 1. The van der Waals surface area contributed by atoms with Crippen LogP contribution in [0.5, 0.6) is 0 Å². The Labute approximate surface area is 527 Å². The molecule has 9 fully saturated rings. The number of carbonyl (C=O) groups is 2. The van der Waals surface area contributed by atoms with Crippen molar-refractivity contribution in [2.45, 2.75) is 302 Å². The van der Waals surface area contributed by atoms with Crippen molar-refractivity contribution in [1.82, 2.24) is 0 Å². The van der Waals surface area contributed by atoms with E-state index in [0.29, 0.717) is 98.4 Å². The van der Waals surface area contributed by atoms with E-state index in [1.54, 1.807) is 24.6 Å². The summed E-state index contributed by atoms with van der Waals surface area (Å²) in [4.78, 5) is 26.2. The number of ketones is 1. The van der Waals surface area contributed by atoms with E-state index in [4.69, 9.17) is 33.2 Å². The van der Waals surface area contributed by atoms with Crippen LogP contribution in [-0.2, 0) is 42.7 Å². The number of ether oxygens (including phenoxy) is 7. The molecule has 15 heteroatoms. The second-order valence-electron chi connectivity index (χ2n) is 30.6. The molecule has 0 amide bonds. The first kappa shape index (κ1) is 67.6. The van der Waals surface area contributed by atoms with Gasteiger partial charge in [0.25, 0.3) is 0 Å². The third-order valence-electron chi connectivity index (χ3n) is 25.7. The van der Waals surface area contributed by atoms with Crippen LogP contribution in [0.15, 0.2) is 23.8 Å². The number of aliphatic hydroxyl groups excluding tert-OH is 3. The third kappa shape index (κ3) is 11.7. The van der Waals surface area contributed by atoms with Crippen molar-refractivity contribution >= 4 is 11.8 Å². The first-order chi connectivity index (χ1) is 39.1. The largest absolute Gasteiger partial charge is 1.00 e. The summed E-state index contributed by atoms with van der Waals surface area (Å²) in [6, 6.07) is 0. The molecule has 7 heterocycles. The minimum atomic E-state index is -1.37. The fourth-order valence-electron chi connectivity index (χ4n) is 20.0. The predicted octanol–water partition coefficient (Wildman–Crippen LogP) is 7.57. The second-order valence-corrected chi connectivity index (χ2v) is 30.6. The molecule has 0 aromatic carbocycles. The summed E-state index contributed by atoms with van der Waals surface area (Å²) in [5.74, 6) is -2.55. The van der Waals surface area contributed by atoms with Crippen LogP contribution < -0.4 is 34.7 Å². The predicted molar refractivity (Wildman–Crippen MR) is 314 cm³/mol. The monoisotopic (exact) mass is 1190 g/mol. The Hall–Kier alpha value is -0.820. The molecule has 7 aliphatic heterocycles. The zero-order valence-electron chi connectivity index (χ0n) is 54.4. The molecule has 3 spiro atoms. The molecule has 3 saturated carbocycles. The molecule has 14 nitrogen and oxygen atoms in total. The van der Waals surface area contributed by atoms with Gasteiger partial charge in [0.1, 0.15) is 11.9 Å². The topological polar surface area (TPSA) is 203 Å². The van der Waals surface area contributed by atoms with Crippen molar-refractivity contribution < 1.29 is 97.8 Å². The van der Waals surface area contributed by atoms with Gasteiger partial charge in [0.2, 0.25) is 5.79 Å². The number of rotatable bonds is 12. The number of aliphatic hydroxyl groups is 4. The first-order valence-electron chi connectivity index (χ1n) is 33.7. The van der Waals surface area contributed by atoms with Crippen molar-refractivity contribution in [3.8, 4) is 0 Å². The first-order valence-corrected chi connectivity index (χ1v) is 33.7. The zero-order chi connectivity index (χ0) is 60.1. The van der Waals surface area contributed by atoms with E-state index in [1.165, 1.54) is 38.5 Å². The third-order valence-corrected chi connectivity index (χ3v) is 25.7. The van der Waals surface area contributed by atoms with Crippen LogP contribution in [0.25, 0.3) is 0 Å². The molecule has 29 atom stereocenters. The van der Waals surface area contributed by atoms with E-state index in [0.717, 1.165) is 44.1 Å². The molecule has 0 aromatic rings. The van der Waals surface area contributed by atoms with Gasteiger partial charge in [-0.15, -0.1) is 0 Å². The number of hydrogen-bond donors (Lipinski definition) is 4. The van der Waals surface area contributed by atoms with Crippen LogP contribution in [0.2, 0.25) is 0 Å². The smallest absolute Gasteiger partial charge is 0.550 e. The summed E-state index contributed by atoms with van der Waals surface area (Å²) in [7, 11) is 0. The van der Waals surface area contributed by atoms with Crippen molar-refractivity contribution in [1.29, 1.82) is 0 Å². The van der Waals surface area contributed by atoms with Crippen molar-refractivity contribution in [3.63, 3.8) is 0 Å². The maximum atomic E-state index is 14.4. The van der Waals surface area contributed by atoms with Gasteiger partial charge in [-0.1, -0.05) is 94.7 Å². The van der Waals surface area contributed by atoms with Crippen LogP contribution in [0.1, 0.15) is 219 Å². The van der Waals surface area contributed by atoms with E-state index >= 15 is 0 Å². The Balaban J connectivity index is 0.000000229. The summed E-state index contributed by atoms with van der Waals surface area (Å²) in [5, 5.41) is 56.3. The van der Waals surface area contributed by atoms with Crippen LogP contribution in [0.3, 0.4) is 0 Å². The van der Waals surface area contributed by atoms with E-state index in [2.05, 4.69) is 54.5 Å². The van der Waals surface area contributed by atoms with E-state index < -0.39 is 82.9 Å². The Morgan fingerprint density at radius 3 is 2.15 bits per heavy atom. The number of aliphatic carboxylic acids is 1.